The van der Waals surface area contributed by atoms with Gasteiger partial charge in [0.1, 0.15) is 0 Å². The summed E-state index contributed by atoms with van der Waals surface area (Å²) in [6, 6.07) is 0. The molecule has 0 aromatic rings. The molecule has 0 saturated carbocycles. The summed E-state index contributed by atoms with van der Waals surface area (Å²) in [7, 11) is -5.17. The van der Waals surface area contributed by atoms with Crippen LogP contribution in [0.3, 0.4) is 0 Å². The maximum absolute atomic E-state index is 8.52. The van der Waals surface area contributed by atoms with Gasteiger partial charge in [-0.05, 0) is 0 Å². The molecule has 0 atom stereocenters. The fourth-order valence-electron chi connectivity index (χ4n) is 0. The molecule has 0 fully saturated rings. The number of hydrogen-bond donors (Lipinski definition) is 0. The SMILES string of the molecule is O=S(=O)([O-])[O-].[Mn+2].[Mn]. The van der Waals surface area contributed by atoms with Crippen molar-refractivity contribution in [1.82, 2.24) is 0 Å². The third kappa shape index (κ3) is 202. The molecule has 7 heavy (non-hydrogen) atoms. The third-order valence-electron chi connectivity index (χ3n) is 0. The fraction of sp³-hybridized carbons (Fsp3) is 0. The molecule has 0 aliphatic carbocycles. The molecule has 44 valence electrons. The summed E-state index contributed by atoms with van der Waals surface area (Å²) in [5.74, 6) is 0. The van der Waals surface area contributed by atoms with Crippen molar-refractivity contribution >= 4 is 10.4 Å². The smallest absolute Gasteiger partial charge is 0.759 e. The molecule has 0 aliphatic heterocycles. The van der Waals surface area contributed by atoms with Crippen LogP contribution in [0.4, 0.5) is 0 Å². The van der Waals surface area contributed by atoms with Gasteiger partial charge in [0.05, 0.1) is 0 Å². The number of hydrogen-bond acceptors (Lipinski definition) is 4. The zero-order valence-corrected chi connectivity index (χ0v) is 5.97. The van der Waals surface area contributed by atoms with Gasteiger partial charge in [-0.25, -0.2) is 0 Å². The van der Waals surface area contributed by atoms with Crippen LogP contribution in [-0.4, -0.2) is 17.5 Å². The molecule has 0 spiro atoms. The Morgan fingerprint density at radius 2 is 1.14 bits per heavy atom. The molecule has 0 rings (SSSR count). The van der Waals surface area contributed by atoms with Crippen molar-refractivity contribution in [3.8, 4) is 0 Å². The second-order valence-electron chi connectivity index (χ2n) is 0.408. The van der Waals surface area contributed by atoms with Crippen LogP contribution < -0.4 is 0 Å². The van der Waals surface area contributed by atoms with E-state index < -0.39 is 10.4 Å². The van der Waals surface area contributed by atoms with E-state index in [1.54, 1.807) is 0 Å². The fourth-order valence-corrected chi connectivity index (χ4v) is 0. The Hall–Kier alpha value is 0.909. The Kier molecular flexibility index (Phi) is 11.3. The Labute approximate surface area is 62.2 Å². The second-order valence-corrected chi connectivity index (χ2v) is 1.22. The molecule has 0 bridgehead atoms. The molecule has 0 saturated heterocycles. The van der Waals surface area contributed by atoms with Gasteiger partial charge in [-0.2, -0.15) is 0 Å². The van der Waals surface area contributed by atoms with E-state index >= 15 is 0 Å². The van der Waals surface area contributed by atoms with Crippen LogP contribution in [0.1, 0.15) is 0 Å². The van der Waals surface area contributed by atoms with Crippen LogP contribution in [0.15, 0.2) is 0 Å². The predicted molar refractivity (Wildman–Crippen MR) is 10.5 cm³/mol. The van der Waals surface area contributed by atoms with Crippen molar-refractivity contribution < 1.29 is 51.7 Å². The van der Waals surface area contributed by atoms with Crippen LogP contribution in [0.2, 0.25) is 0 Å². The maximum Gasteiger partial charge on any atom is 2.00 e. The minimum Gasteiger partial charge on any atom is -0.759 e. The summed E-state index contributed by atoms with van der Waals surface area (Å²) in [5, 5.41) is 0. The molecule has 0 heterocycles. The van der Waals surface area contributed by atoms with Gasteiger partial charge in [0.2, 0.25) is 0 Å². The minimum atomic E-state index is -5.17. The van der Waals surface area contributed by atoms with Crippen molar-refractivity contribution in [2.45, 2.75) is 0 Å². The third-order valence-corrected chi connectivity index (χ3v) is 0. The van der Waals surface area contributed by atoms with E-state index in [4.69, 9.17) is 17.5 Å². The van der Waals surface area contributed by atoms with Gasteiger partial charge in [0.25, 0.3) is 0 Å². The zero-order valence-electron chi connectivity index (χ0n) is 2.80. The van der Waals surface area contributed by atoms with E-state index in [0.717, 1.165) is 0 Å². The summed E-state index contributed by atoms with van der Waals surface area (Å²) in [4.78, 5) is 0. The van der Waals surface area contributed by atoms with E-state index in [-0.39, 0.29) is 34.1 Å². The van der Waals surface area contributed by atoms with Gasteiger partial charge in [0.15, 0.2) is 0 Å². The topological polar surface area (TPSA) is 80.3 Å². The van der Waals surface area contributed by atoms with Crippen molar-refractivity contribution in [1.29, 1.82) is 0 Å². The first-order chi connectivity index (χ1) is 2.00. The van der Waals surface area contributed by atoms with E-state index in [1.807, 2.05) is 0 Å². The Balaban J connectivity index is -0.0000000800. The van der Waals surface area contributed by atoms with Gasteiger partial charge in [0, 0.05) is 27.5 Å². The van der Waals surface area contributed by atoms with Gasteiger partial charge in [-0.15, -0.1) is 0 Å². The molecule has 0 amide bonds. The first-order valence-electron chi connectivity index (χ1n) is 0.667. The molecule has 0 N–H and O–H groups in total. The molecule has 7 heteroatoms. The summed E-state index contributed by atoms with van der Waals surface area (Å²) in [6.45, 7) is 0. The molecule has 0 unspecified atom stereocenters. The standard InChI is InChI=1S/2Mn.H2O4S/c;;1-5(2,3)4/h;;(H2,1,2,3,4)/q;+2;/p-2. The number of rotatable bonds is 0. The van der Waals surface area contributed by atoms with E-state index in [1.165, 1.54) is 0 Å². The molecule has 0 aliphatic rings. The maximum atomic E-state index is 8.52. The van der Waals surface area contributed by atoms with Gasteiger partial charge in [-0.3, -0.25) is 8.42 Å². The molecule has 2 radical (unpaired) electrons. The predicted octanol–water partition coefficient (Wildman–Crippen LogP) is -1.34. The molecule has 0 aromatic carbocycles. The molecular weight excluding hydrogens is 206 g/mol. The van der Waals surface area contributed by atoms with E-state index in [9.17, 15) is 0 Å². The van der Waals surface area contributed by atoms with E-state index in [2.05, 4.69) is 0 Å². The monoisotopic (exact) mass is 206 g/mol. The zero-order chi connectivity index (χ0) is 4.50. The van der Waals surface area contributed by atoms with Gasteiger partial charge in [-0.1, -0.05) is 0 Å². The minimum absolute atomic E-state index is 0. The summed E-state index contributed by atoms with van der Waals surface area (Å²) < 4.78 is 34.1. The second kappa shape index (κ2) is 5.05. The van der Waals surface area contributed by atoms with Crippen molar-refractivity contribution in [3.63, 3.8) is 0 Å². The normalized spacial score (nSPS) is 8.29. The Morgan fingerprint density at radius 1 is 1.14 bits per heavy atom. The molecule has 0 aromatic heterocycles. The summed E-state index contributed by atoms with van der Waals surface area (Å²) in [5.41, 5.74) is 0. The average molecular weight is 206 g/mol. The van der Waals surface area contributed by atoms with Crippen molar-refractivity contribution in [3.05, 3.63) is 0 Å². The van der Waals surface area contributed by atoms with Crippen molar-refractivity contribution in [2.24, 2.45) is 0 Å². The summed E-state index contributed by atoms with van der Waals surface area (Å²) >= 11 is 0. The van der Waals surface area contributed by atoms with Crippen LogP contribution in [-0.2, 0) is 44.5 Å². The van der Waals surface area contributed by atoms with Gasteiger partial charge < -0.3 is 9.11 Å². The average Bonchev–Trinajstić information content (AvgIpc) is 0.722. The molecular formula is Mn2O4S. The largest absolute Gasteiger partial charge is 2.00 e. The van der Waals surface area contributed by atoms with Crippen LogP contribution >= 0.6 is 0 Å². The first kappa shape index (κ1) is 15.7. The van der Waals surface area contributed by atoms with E-state index in [0.29, 0.717) is 0 Å². The molecule has 4 nitrogen and oxygen atoms in total. The Morgan fingerprint density at radius 3 is 1.14 bits per heavy atom. The van der Waals surface area contributed by atoms with Crippen LogP contribution in [0.25, 0.3) is 0 Å². The van der Waals surface area contributed by atoms with Gasteiger partial charge >= 0.3 is 17.1 Å². The first-order valence-corrected chi connectivity index (χ1v) is 2.00. The quantitative estimate of drug-likeness (QED) is 0.279. The van der Waals surface area contributed by atoms with Crippen LogP contribution in [0.5, 0.6) is 0 Å². The summed E-state index contributed by atoms with van der Waals surface area (Å²) in [6.07, 6.45) is 0. The van der Waals surface area contributed by atoms with Crippen molar-refractivity contribution in [2.75, 3.05) is 0 Å². The van der Waals surface area contributed by atoms with Crippen LogP contribution in [0, 0.1) is 0 Å². The Bertz CT molecular complexity index is 92.9.